The summed E-state index contributed by atoms with van der Waals surface area (Å²) in [6.45, 7) is 4.79. The summed E-state index contributed by atoms with van der Waals surface area (Å²) in [6, 6.07) is 118. The van der Waals surface area contributed by atoms with Crippen molar-refractivity contribution in [2.75, 3.05) is 9.80 Å². The van der Waals surface area contributed by atoms with Gasteiger partial charge in [0, 0.05) is 83.7 Å². The Labute approximate surface area is 563 Å². The summed E-state index contributed by atoms with van der Waals surface area (Å²) >= 11 is 0. The van der Waals surface area contributed by atoms with Crippen LogP contribution in [0.15, 0.2) is 328 Å². The smallest absolute Gasteiger partial charge is 0.252 e. The van der Waals surface area contributed by atoms with Gasteiger partial charge in [0.05, 0.1) is 39.5 Å². The largest absolute Gasteiger partial charge is 0.311 e. The molecule has 454 valence electrons. The SMILES string of the molecule is CC1(C)c2ccccc2-c2cc3c4ccccc4n(-c4ccc(-c5cc(-c6ccccc6)nc(-c6ccccc6)n5)cc4-c4cc(-c5ccccc5)nc(-c5cccc(-c6ccc(N7c8ccccc8B8c9ccccc9N(c9ccccc9)c9cccc7c98)cc6)c5)n4)c3cc21. The lowest BCUT2D eigenvalue weighted by Crippen LogP contribution is -2.61. The molecule has 13 aromatic carbocycles. The fraction of sp³-hybridized carbons (Fsp3) is 0.0337. The molecule has 16 aromatic rings. The Kier molecular flexibility index (Phi) is 12.9. The van der Waals surface area contributed by atoms with Crippen molar-refractivity contribution in [2.45, 2.75) is 19.3 Å². The van der Waals surface area contributed by atoms with Crippen molar-refractivity contribution in [3.8, 4) is 95.7 Å². The van der Waals surface area contributed by atoms with Crippen LogP contribution < -0.4 is 26.2 Å². The number of benzene rings is 13. The molecule has 7 nitrogen and oxygen atoms in total. The molecular weight excluding hydrogens is 1180 g/mol. The van der Waals surface area contributed by atoms with Crippen LogP contribution in [0.25, 0.3) is 118 Å². The quantitative estimate of drug-likeness (QED) is 0.127. The van der Waals surface area contributed by atoms with Crippen LogP contribution >= 0.6 is 0 Å². The van der Waals surface area contributed by atoms with Crippen LogP contribution in [0.1, 0.15) is 25.0 Å². The molecule has 0 spiro atoms. The first-order chi connectivity index (χ1) is 47.9. The maximum Gasteiger partial charge on any atom is 0.252 e. The van der Waals surface area contributed by atoms with E-state index in [2.05, 4.69) is 332 Å². The minimum absolute atomic E-state index is 0.0658. The first kappa shape index (κ1) is 56.1. The van der Waals surface area contributed by atoms with Crippen LogP contribution in [0.2, 0.25) is 0 Å². The number of hydrogen-bond donors (Lipinski definition) is 0. The number of nitrogens with zero attached hydrogens (tertiary/aromatic N) is 7. The highest BCUT2D eigenvalue weighted by atomic mass is 15.2. The van der Waals surface area contributed by atoms with Crippen LogP contribution in [0.4, 0.5) is 34.1 Å². The third-order valence-electron chi connectivity index (χ3n) is 20.2. The fourth-order valence-electron chi connectivity index (χ4n) is 15.7. The highest BCUT2D eigenvalue weighted by Crippen LogP contribution is 2.52. The summed E-state index contributed by atoms with van der Waals surface area (Å²) in [5, 5.41) is 2.38. The third-order valence-corrected chi connectivity index (χ3v) is 20.2. The van der Waals surface area contributed by atoms with Crippen LogP contribution in [0.3, 0.4) is 0 Å². The molecule has 0 N–H and O–H groups in total. The molecule has 3 aliphatic rings. The molecule has 0 saturated carbocycles. The fourth-order valence-corrected chi connectivity index (χ4v) is 15.7. The highest BCUT2D eigenvalue weighted by Gasteiger charge is 2.43. The molecule has 8 heteroatoms. The van der Waals surface area contributed by atoms with E-state index >= 15 is 0 Å². The van der Waals surface area contributed by atoms with Gasteiger partial charge in [0.2, 0.25) is 0 Å². The number of fused-ring (bicyclic) bond motifs is 10. The highest BCUT2D eigenvalue weighted by molar-refractivity contribution is 7.00. The van der Waals surface area contributed by atoms with E-state index in [9.17, 15) is 0 Å². The van der Waals surface area contributed by atoms with Crippen LogP contribution in [0, 0.1) is 0 Å². The lowest BCUT2D eigenvalue weighted by atomic mass is 9.33. The van der Waals surface area contributed by atoms with Crippen molar-refractivity contribution in [1.82, 2.24) is 24.5 Å². The zero-order valence-electron chi connectivity index (χ0n) is 53.4. The number of aromatic nitrogens is 5. The second kappa shape index (κ2) is 22.3. The van der Waals surface area contributed by atoms with E-state index in [0.717, 1.165) is 95.4 Å². The van der Waals surface area contributed by atoms with Gasteiger partial charge in [-0.3, -0.25) is 0 Å². The van der Waals surface area contributed by atoms with Crippen molar-refractivity contribution >= 4 is 79.0 Å². The molecule has 0 saturated heterocycles. The Bertz CT molecular complexity index is 5750. The molecule has 97 heavy (non-hydrogen) atoms. The van der Waals surface area contributed by atoms with Crippen molar-refractivity contribution < 1.29 is 0 Å². The Balaban J connectivity index is 0.773. The zero-order chi connectivity index (χ0) is 64.3. The van der Waals surface area contributed by atoms with E-state index in [4.69, 9.17) is 19.9 Å². The molecule has 0 amide bonds. The summed E-state index contributed by atoms with van der Waals surface area (Å²) in [4.78, 5) is 26.8. The van der Waals surface area contributed by atoms with Gasteiger partial charge in [-0.15, -0.1) is 0 Å². The molecule has 3 aromatic heterocycles. The minimum Gasteiger partial charge on any atom is -0.311 e. The minimum atomic E-state index is -0.220. The van der Waals surface area contributed by atoms with Gasteiger partial charge in [0.1, 0.15) is 0 Å². The van der Waals surface area contributed by atoms with E-state index in [0.29, 0.717) is 11.6 Å². The summed E-state index contributed by atoms with van der Waals surface area (Å²) in [7, 11) is 0. The molecule has 0 unspecified atom stereocenters. The van der Waals surface area contributed by atoms with Crippen LogP contribution in [0.5, 0.6) is 0 Å². The number of anilines is 6. The first-order valence-electron chi connectivity index (χ1n) is 33.3. The van der Waals surface area contributed by atoms with Gasteiger partial charge in [-0.1, -0.05) is 244 Å². The van der Waals surface area contributed by atoms with E-state index in [1.165, 1.54) is 72.2 Å². The Morgan fingerprint density at radius 1 is 0.278 bits per heavy atom. The third kappa shape index (κ3) is 9.12. The van der Waals surface area contributed by atoms with Gasteiger partial charge in [-0.2, -0.15) is 0 Å². The molecule has 0 radical (unpaired) electrons. The maximum absolute atomic E-state index is 5.75. The topological polar surface area (TPSA) is 63.0 Å². The predicted molar refractivity (Wildman–Crippen MR) is 402 cm³/mol. The monoisotopic (exact) mass is 1240 g/mol. The summed E-state index contributed by atoms with van der Waals surface area (Å²) in [5.41, 5.74) is 30.2. The summed E-state index contributed by atoms with van der Waals surface area (Å²) < 4.78 is 2.47. The van der Waals surface area contributed by atoms with Gasteiger partial charge in [0.25, 0.3) is 6.71 Å². The van der Waals surface area contributed by atoms with Gasteiger partial charge in [0.15, 0.2) is 11.6 Å². The molecular formula is C89H60BN7. The number of hydrogen-bond acceptors (Lipinski definition) is 6. The second-order valence-corrected chi connectivity index (χ2v) is 26.1. The molecule has 0 bridgehead atoms. The summed E-state index contributed by atoms with van der Waals surface area (Å²) in [6.07, 6.45) is 0. The lowest BCUT2D eigenvalue weighted by molar-refractivity contribution is 0.661. The standard InChI is InChI=1S/C89H60BN7/c1-89(2)71-37-17-15-35-66(71)68-53-69-67-36-16-20-40-79(67)97(85(69)54-72(68)89)80-50-47-62(77-55-75(58-25-7-3-8-26-58)91-87(93-77)60-29-11-5-12-30-60)52-70(80)78-56-76(59-27-9-4-10-28-59)92-88(94-78)63-32-23-31-61(51-63)57-45-48-65(49-46-57)96-82-42-22-19-39-74(82)90-73-38-18-21-41-81(73)95(64-33-13-6-14-34-64)83-43-24-44-84(96)86(83)90/h3-56H,1-2H3. The van der Waals surface area contributed by atoms with Gasteiger partial charge in [-0.05, 0) is 147 Å². The van der Waals surface area contributed by atoms with Crippen molar-refractivity contribution in [3.63, 3.8) is 0 Å². The Hall–Kier alpha value is -12.5. The van der Waals surface area contributed by atoms with Crippen molar-refractivity contribution in [1.29, 1.82) is 0 Å². The molecule has 0 atom stereocenters. The zero-order valence-corrected chi connectivity index (χ0v) is 53.4. The Morgan fingerprint density at radius 2 is 0.773 bits per heavy atom. The van der Waals surface area contributed by atoms with Crippen LogP contribution in [-0.4, -0.2) is 31.2 Å². The van der Waals surface area contributed by atoms with E-state index in [1.807, 2.05) is 24.3 Å². The normalized spacial score (nSPS) is 13.1. The molecule has 19 rings (SSSR count). The van der Waals surface area contributed by atoms with Gasteiger partial charge in [-0.25, -0.2) is 19.9 Å². The summed E-state index contributed by atoms with van der Waals surface area (Å²) in [5.74, 6) is 1.27. The second-order valence-electron chi connectivity index (χ2n) is 26.1. The van der Waals surface area contributed by atoms with E-state index in [-0.39, 0.29) is 12.1 Å². The van der Waals surface area contributed by atoms with E-state index in [1.54, 1.807) is 0 Å². The van der Waals surface area contributed by atoms with Gasteiger partial charge < -0.3 is 14.4 Å². The van der Waals surface area contributed by atoms with E-state index < -0.39 is 0 Å². The Morgan fingerprint density at radius 3 is 1.45 bits per heavy atom. The molecule has 2 aliphatic heterocycles. The predicted octanol–water partition coefficient (Wildman–Crippen LogP) is 20.4. The van der Waals surface area contributed by atoms with Crippen molar-refractivity contribution in [2.24, 2.45) is 0 Å². The number of para-hydroxylation sites is 4. The average molecular weight is 1240 g/mol. The molecule has 0 fully saturated rings. The average Bonchev–Trinajstić information content (AvgIpc) is 1.05. The molecule has 1 aliphatic carbocycles. The first-order valence-corrected chi connectivity index (χ1v) is 33.3. The maximum atomic E-state index is 5.75. The number of rotatable bonds is 10. The van der Waals surface area contributed by atoms with Crippen LogP contribution in [-0.2, 0) is 5.41 Å². The lowest BCUT2D eigenvalue weighted by Gasteiger charge is -2.44. The molecule has 5 heterocycles. The van der Waals surface area contributed by atoms with Crippen molar-refractivity contribution in [3.05, 3.63) is 339 Å². The van der Waals surface area contributed by atoms with Gasteiger partial charge >= 0.3 is 0 Å².